The van der Waals surface area contributed by atoms with Crippen molar-refractivity contribution in [2.75, 3.05) is 13.7 Å². The first-order chi connectivity index (χ1) is 9.20. The van der Waals surface area contributed by atoms with Gasteiger partial charge in [0.1, 0.15) is 12.4 Å². The van der Waals surface area contributed by atoms with Crippen molar-refractivity contribution in [2.45, 2.75) is 19.9 Å². The normalized spacial score (nSPS) is 12.2. The van der Waals surface area contributed by atoms with E-state index in [0.717, 1.165) is 5.75 Å². The average Bonchev–Trinajstić information content (AvgIpc) is 2.43. The summed E-state index contributed by atoms with van der Waals surface area (Å²) in [7, 11) is 1.96. The van der Waals surface area contributed by atoms with Crippen LogP contribution in [0.15, 0.2) is 48.5 Å². The molecule has 2 nitrogen and oxygen atoms in total. The van der Waals surface area contributed by atoms with E-state index in [4.69, 9.17) is 4.74 Å². The molecule has 2 rings (SSSR count). The zero-order chi connectivity index (χ0) is 13.7. The van der Waals surface area contributed by atoms with Crippen LogP contribution in [0.1, 0.15) is 22.7 Å². The lowest BCUT2D eigenvalue weighted by Crippen LogP contribution is -2.23. The number of benzene rings is 2. The monoisotopic (exact) mass is 255 g/mol. The fraction of sp³-hybridized carbons (Fsp3) is 0.294. The van der Waals surface area contributed by atoms with Crippen molar-refractivity contribution < 1.29 is 4.74 Å². The summed E-state index contributed by atoms with van der Waals surface area (Å²) in [5, 5.41) is 3.30. The molecule has 0 bridgehead atoms. The summed E-state index contributed by atoms with van der Waals surface area (Å²) in [6, 6.07) is 16.9. The van der Waals surface area contributed by atoms with Crippen molar-refractivity contribution in [3.63, 3.8) is 0 Å². The number of aryl methyl sites for hydroxylation is 2. The molecule has 0 saturated heterocycles. The number of para-hydroxylation sites is 1. The highest BCUT2D eigenvalue weighted by atomic mass is 16.5. The molecular formula is C17H21NO. The van der Waals surface area contributed by atoms with Gasteiger partial charge < -0.3 is 10.1 Å². The van der Waals surface area contributed by atoms with Crippen LogP contribution in [0.5, 0.6) is 5.75 Å². The summed E-state index contributed by atoms with van der Waals surface area (Å²) in [5.41, 5.74) is 3.70. The molecule has 0 aliphatic heterocycles. The van der Waals surface area contributed by atoms with Crippen LogP contribution in [0.3, 0.4) is 0 Å². The first kappa shape index (κ1) is 13.6. The Morgan fingerprint density at radius 3 is 2.32 bits per heavy atom. The van der Waals surface area contributed by atoms with E-state index in [1.165, 1.54) is 16.7 Å². The van der Waals surface area contributed by atoms with Crippen LogP contribution >= 0.6 is 0 Å². The Balaban J connectivity index is 2.04. The van der Waals surface area contributed by atoms with E-state index in [2.05, 4.69) is 49.5 Å². The number of nitrogens with one attached hydrogen (secondary N) is 1. The van der Waals surface area contributed by atoms with Gasteiger partial charge in [0.2, 0.25) is 0 Å². The number of likely N-dealkylation sites (N-methyl/N-ethyl adjacent to an activating group) is 1. The molecule has 0 aliphatic carbocycles. The summed E-state index contributed by atoms with van der Waals surface area (Å²) in [5.74, 6) is 0.954. The van der Waals surface area contributed by atoms with Gasteiger partial charge in [-0.05, 0) is 38.1 Å². The number of hydrogen-bond acceptors (Lipinski definition) is 2. The van der Waals surface area contributed by atoms with Gasteiger partial charge in [-0.25, -0.2) is 0 Å². The van der Waals surface area contributed by atoms with Gasteiger partial charge in [-0.2, -0.15) is 0 Å². The molecule has 100 valence electrons. The second-order valence-electron chi connectivity index (χ2n) is 4.83. The van der Waals surface area contributed by atoms with Gasteiger partial charge >= 0.3 is 0 Å². The number of rotatable bonds is 5. The topological polar surface area (TPSA) is 21.3 Å². The Bertz CT molecular complexity index is 519. The van der Waals surface area contributed by atoms with Gasteiger partial charge in [-0.15, -0.1) is 0 Å². The SMILES string of the molecule is CNC(COc1ccccc1C)c1ccc(C)cc1. The van der Waals surface area contributed by atoms with E-state index in [1.807, 2.05) is 25.2 Å². The third kappa shape index (κ3) is 3.58. The Hall–Kier alpha value is -1.80. The second kappa shape index (κ2) is 6.39. The molecule has 0 amide bonds. The van der Waals surface area contributed by atoms with Crippen LogP contribution in [0.2, 0.25) is 0 Å². The largest absolute Gasteiger partial charge is 0.491 e. The first-order valence-corrected chi connectivity index (χ1v) is 6.63. The maximum atomic E-state index is 5.91. The predicted molar refractivity (Wildman–Crippen MR) is 79.7 cm³/mol. The standard InChI is InChI=1S/C17H21NO/c1-13-8-10-15(11-9-13)16(18-3)12-19-17-7-5-4-6-14(17)2/h4-11,16,18H,12H2,1-3H3. The van der Waals surface area contributed by atoms with Crippen molar-refractivity contribution in [1.29, 1.82) is 0 Å². The van der Waals surface area contributed by atoms with Crippen LogP contribution < -0.4 is 10.1 Å². The lowest BCUT2D eigenvalue weighted by molar-refractivity contribution is 0.271. The van der Waals surface area contributed by atoms with E-state index in [1.54, 1.807) is 0 Å². The Morgan fingerprint density at radius 2 is 1.68 bits per heavy atom. The highest BCUT2D eigenvalue weighted by Crippen LogP contribution is 2.19. The minimum Gasteiger partial charge on any atom is -0.491 e. The maximum absolute atomic E-state index is 5.91. The third-order valence-corrected chi connectivity index (χ3v) is 3.33. The molecule has 0 aliphatic rings. The Kier molecular flexibility index (Phi) is 4.58. The van der Waals surface area contributed by atoms with E-state index < -0.39 is 0 Å². The molecule has 2 heteroatoms. The fourth-order valence-electron chi connectivity index (χ4n) is 2.04. The highest BCUT2D eigenvalue weighted by molar-refractivity contribution is 5.32. The smallest absolute Gasteiger partial charge is 0.122 e. The molecule has 2 aromatic carbocycles. The van der Waals surface area contributed by atoms with Gasteiger partial charge in [0.25, 0.3) is 0 Å². The predicted octanol–water partition coefficient (Wildman–Crippen LogP) is 3.64. The average molecular weight is 255 g/mol. The van der Waals surface area contributed by atoms with Crippen molar-refractivity contribution in [2.24, 2.45) is 0 Å². The van der Waals surface area contributed by atoms with Crippen LogP contribution in [-0.2, 0) is 0 Å². The number of hydrogen-bond donors (Lipinski definition) is 1. The van der Waals surface area contributed by atoms with Crippen LogP contribution in [-0.4, -0.2) is 13.7 Å². The molecule has 0 spiro atoms. The zero-order valence-electron chi connectivity index (χ0n) is 11.8. The summed E-state index contributed by atoms with van der Waals surface area (Å²) in [6.45, 7) is 4.79. The quantitative estimate of drug-likeness (QED) is 0.880. The van der Waals surface area contributed by atoms with Gasteiger partial charge in [-0.1, -0.05) is 48.0 Å². The molecular weight excluding hydrogens is 234 g/mol. The molecule has 19 heavy (non-hydrogen) atoms. The summed E-state index contributed by atoms with van der Waals surface area (Å²) in [4.78, 5) is 0. The third-order valence-electron chi connectivity index (χ3n) is 3.33. The summed E-state index contributed by atoms with van der Waals surface area (Å²) >= 11 is 0. The van der Waals surface area contributed by atoms with E-state index in [9.17, 15) is 0 Å². The maximum Gasteiger partial charge on any atom is 0.122 e. The van der Waals surface area contributed by atoms with E-state index >= 15 is 0 Å². The second-order valence-corrected chi connectivity index (χ2v) is 4.83. The first-order valence-electron chi connectivity index (χ1n) is 6.63. The zero-order valence-corrected chi connectivity index (χ0v) is 11.8. The van der Waals surface area contributed by atoms with E-state index in [0.29, 0.717) is 6.61 Å². The van der Waals surface area contributed by atoms with Gasteiger partial charge in [-0.3, -0.25) is 0 Å². The number of ether oxygens (including phenoxy) is 1. The van der Waals surface area contributed by atoms with Crippen LogP contribution in [0.25, 0.3) is 0 Å². The summed E-state index contributed by atoms with van der Waals surface area (Å²) < 4.78 is 5.91. The van der Waals surface area contributed by atoms with Crippen molar-refractivity contribution >= 4 is 0 Å². The summed E-state index contributed by atoms with van der Waals surface area (Å²) in [6.07, 6.45) is 0. The Labute approximate surface area is 115 Å². The molecule has 0 fully saturated rings. The highest BCUT2D eigenvalue weighted by Gasteiger charge is 2.10. The van der Waals surface area contributed by atoms with Crippen molar-refractivity contribution in [1.82, 2.24) is 5.32 Å². The molecule has 2 aromatic rings. The molecule has 1 unspecified atom stereocenters. The van der Waals surface area contributed by atoms with Crippen molar-refractivity contribution in [3.8, 4) is 5.75 Å². The van der Waals surface area contributed by atoms with Crippen LogP contribution in [0, 0.1) is 13.8 Å². The lowest BCUT2D eigenvalue weighted by atomic mass is 10.1. The van der Waals surface area contributed by atoms with E-state index in [-0.39, 0.29) is 6.04 Å². The van der Waals surface area contributed by atoms with Gasteiger partial charge in [0, 0.05) is 0 Å². The molecule has 1 atom stereocenters. The minimum atomic E-state index is 0.209. The fourth-order valence-corrected chi connectivity index (χ4v) is 2.04. The van der Waals surface area contributed by atoms with Crippen molar-refractivity contribution in [3.05, 3.63) is 65.2 Å². The molecule has 1 N–H and O–H groups in total. The van der Waals surface area contributed by atoms with Gasteiger partial charge in [0.15, 0.2) is 0 Å². The lowest BCUT2D eigenvalue weighted by Gasteiger charge is -2.18. The molecule has 0 aromatic heterocycles. The minimum absolute atomic E-state index is 0.209. The van der Waals surface area contributed by atoms with Gasteiger partial charge in [0.05, 0.1) is 6.04 Å². The molecule has 0 saturated carbocycles. The molecule has 0 radical (unpaired) electrons. The Morgan fingerprint density at radius 1 is 1.00 bits per heavy atom. The van der Waals surface area contributed by atoms with Crippen LogP contribution in [0.4, 0.5) is 0 Å². The molecule has 0 heterocycles.